The van der Waals surface area contributed by atoms with Crippen molar-refractivity contribution in [2.75, 3.05) is 19.0 Å². The fourth-order valence-electron chi connectivity index (χ4n) is 2.26. The quantitative estimate of drug-likeness (QED) is 0.726. The predicted molar refractivity (Wildman–Crippen MR) is 102 cm³/mol. The molecule has 0 aromatic heterocycles. The molecule has 1 amide bonds. The average Bonchev–Trinajstić information content (AvgIpc) is 2.65. The van der Waals surface area contributed by atoms with Gasteiger partial charge in [0.1, 0.15) is 5.75 Å². The summed E-state index contributed by atoms with van der Waals surface area (Å²) in [4.78, 5) is 12.0. The molecule has 2 rings (SSSR count). The number of hydrogen-bond donors (Lipinski definition) is 1. The van der Waals surface area contributed by atoms with Crippen LogP contribution in [0.3, 0.4) is 0 Å². The molecule has 0 aliphatic heterocycles. The first-order valence-corrected chi connectivity index (χ1v) is 10.0. The molecule has 10 heteroatoms. The molecular weight excluding hydrogens is 409 g/mol. The number of rotatable bonds is 7. The van der Waals surface area contributed by atoms with E-state index in [0.29, 0.717) is 5.69 Å². The van der Waals surface area contributed by atoms with Gasteiger partial charge in [-0.05, 0) is 56.3 Å². The first kappa shape index (κ1) is 22.7. The van der Waals surface area contributed by atoms with Crippen LogP contribution in [0.2, 0.25) is 0 Å². The van der Waals surface area contributed by atoms with Gasteiger partial charge >= 0.3 is 6.18 Å². The van der Waals surface area contributed by atoms with Gasteiger partial charge in [0.05, 0.1) is 10.5 Å². The molecule has 0 fully saturated rings. The lowest BCUT2D eigenvalue weighted by atomic mass is 10.2. The number of nitrogens with one attached hydrogen (secondary N) is 1. The summed E-state index contributed by atoms with van der Waals surface area (Å²) < 4.78 is 69.2. The zero-order chi connectivity index (χ0) is 21.8. The molecule has 0 atom stereocenters. The molecule has 2 aromatic carbocycles. The van der Waals surface area contributed by atoms with Gasteiger partial charge in [-0.1, -0.05) is 6.07 Å². The van der Waals surface area contributed by atoms with E-state index in [1.54, 1.807) is 13.8 Å². The first-order valence-electron chi connectivity index (χ1n) is 8.59. The number of benzene rings is 2. The standard InChI is InChI=1S/C19H21F3N2O4S/c1-13(2)24(3)29(26,27)17-9-7-15(8-10-17)23-18(25)12-28-16-6-4-5-14(11-16)19(20,21)22/h4-11,13H,12H2,1-3H3,(H,23,25). The number of nitrogens with zero attached hydrogens (tertiary/aromatic N) is 1. The molecule has 0 spiro atoms. The number of alkyl halides is 3. The summed E-state index contributed by atoms with van der Waals surface area (Å²) in [5.41, 5.74) is -0.549. The molecule has 2 aromatic rings. The Bertz CT molecular complexity index is 958. The minimum Gasteiger partial charge on any atom is -0.484 e. The molecular formula is C19H21F3N2O4S. The summed E-state index contributed by atoms with van der Waals surface area (Å²) in [6.07, 6.45) is -4.51. The zero-order valence-electron chi connectivity index (χ0n) is 16.0. The highest BCUT2D eigenvalue weighted by molar-refractivity contribution is 7.89. The second-order valence-electron chi connectivity index (χ2n) is 6.50. The van der Waals surface area contributed by atoms with Gasteiger partial charge in [-0.15, -0.1) is 0 Å². The van der Waals surface area contributed by atoms with Crippen LogP contribution in [0.5, 0.6) is 5.75 Å². The average molecular weight is 430 g/mol. The molecule has 29 heavy (non-hydrogen) atoms. The smallest absolute Gasteiger partial charge is 0.416 e. The minimum absolute atomic E-state index is 0.0758. The third-order valence-electron chi connectivity index (χ3n) is 4.07. The minimum atomic E-state index is -4.51. The van der Waals surface area contributed by atoms with Crippen molar-refractivity contribution in [2.45, 2.75) is 31.0 Å². The van der Waals surface area contributed by atoms with Crippen molar-refractivity contribution >= 4 is 21.6 Å². The molecule has 0 heterocycles. The van der Waals surface area contributed by atoms with Crippen LogP contribution in [0.1, 0.15) is 19.4 Å². The van der Waals surface area contributed by atoms with E-state index in [4.69, 9.17) is 4.74 Å². The van der Waals surface area contributed by atoms with E-state index in [1.165, 1.54) is 47.8 Å². The van der Waals surface area contributed by atoms with Crippen molar-refractivity contribution in [3.8, 4) is 5.75 Å². The number of sulfonamides is 1. The normalized spacial score (nSPS) is 12.3. The van der Waals surface area contributed by atoms with Crippen molar-refractivity contribution in [3.63, 3.8) is 0 Å². The van der Waals surface area contributed by atoms with E-state index in [2.05, 4.69) is 5.32 Å². The first-order chi connectivity index (χ1) is 13.4. The SMILES string of the molecule is CC(C)N(C)S(=O)(=O)c1ccc(NC(=O)COc2cccc(C(F)(F)F)c2)cc1. The van der Waals surface area contributed by atoms with E-state index in [1.807, 2.05) is 0 Å². The van der Waals surface area contributed by atoms with Crippen molar-refractivity contribution in [1.29, 1.82) is 0 Å². The van der Waals surface area contributed by atoms with E-state index in [0.717, 1.165) is 12.1 Å². The van der Waals surface area contributed by atoms with Crippen LogP contribution >= 0.6 is 0 Å². The van der Waals surface area contributed by atoms with Gasteiger partial charge in [0.25, 0.3) is 5.91 Å². The molecule has 158 valence electrons. The highest BCUT2D eigenvalue weighted by Gasteiger charge is 2.30. The number of carbonyl (C=O) groups is 1. The van der Waals surface area contributed by atoms with Gasteiger partial charge < -0.3 is 10.1 Å². The molecule has 6 nitrogen and oxygen atoms in total. The number of anilines is 1. The summed E-state index contributed by atoms with van der Waals surface area (Å²) in [6.45, 7) is 2.99. The second-order valence-corrected chi connectivity index (χ2v) is 8.50. The Morgan fingerprint density at radius 3 is 2.31 bits per heavy atom. The summed E-state index contributed by atoms with van der Waals surface area (Å²) in [5.74, 6) is -0.689. The maximum absolute atomic E-state index is 12.7. The third kappa shape index (κ3) is 5.94. The van der Waals surface area contributed by atoms with Gasteiger partial charge in [0.2, 0.25) is 10.0 Å². The van der Waals surface area contributed by atoms with E-state index in [9.17, 15) is 26.4 Å². The van der Waals surface area contributed by atoms with Crippen LogP contribution in [0.4, 0.5) is 18.9 Å². The lowest BCUT2D eigenvalue weighted by molar-refractivity contribution is -0.137. The van der Waals surface area contributed by atoms with Gasteiger partial charge in [-0.2, -0.15) is 17.5 Å². The van der Waals surface area contributed by atoms with Crippen LogP contribution in [0, 0.1) is 0 Å². The molecule has 0 unspecified atom stereocenters. The Hall–Kier alpha value is -2.59. The number of hydrogen-bond acceptors (Lipinski definition) is 4. The highest BCUT2D eigenvalue weighted by Crippen LogP contribution is 2.31. The van der Waals surface area contributed by atoms with Gasteiger partial charge in [0, 0.05) is 18.8 Å². The van der Waals surface area contributed by atoms with Crippen molar-refractivity contribution in [3.05, 3.63) is 54.1 Å². The number of ether oxygens (including phenoxy) is 1. The highest BCUT2D eigenvalue weighted by atomic mass is 32.2. The van der Waals surface area contributed by atoms with E-state index < -0.39 is 34.3 Å². The van der Waals surface area contributed by atoms with E-state index >= 15 is 0 Å². The van der Waals surface area contributed by atoms with Crippen LogP contribution in [-0.4, -0.2) is 38.3 Å². The van der Waals surface area contributed by atoms with E-state index in [-0.39, 0.29) is 16.7 Å². The molecule has 0 aliphatic rings. The summed E-state index contributed by atoms with van der Waals surface area (Å²) in [5, 5.41) is 2.49. The lowest BCUT2D eigenvalue weighted by Crippen LogP contribution is -2.33. The van der Waals surface area contributed by atoms with Crippen LogP contribution < -0.4 is 10.1 Å². The number of halogens is 3. The van der Waals surface area contributed by atoms with Gasteiger partial charge in [0.15, 0.2) is 6.61 Å². The third-order valence-corrected chi connectivity index (χ3v) is 6.12. The molecule has 0 aliphatic carbocycles. The number of carbonyl (C=O) groups excluding carboxylic acids is 1. The van der Waals surface area contributed by atoms with Crippen molar-refractivity contribution in [1.82, 2.24) is 4.31 Å². The largest absolute Gasteiger partial charge is 0.484 e. The summed E-state index contributed by atoms with van der Waals surface area (Å²) in [7, 11) is -2.17. The topological polar surface area (TPSA) is 75.7 Å². The Kier molecular flexibility index (Phi) is 6.91. The van der Waals surface area contributed by atoms with Gasteiger partial charge in [-0.25, -0.2) is 8.42 Å². The Labute approximate surface area is 167 Å². The summed E-state index contributed by atoms with van der Waals surface area (Å²) >= 11 is 0. The Balaban J connectivity index is 1.98. The molecule has 0 bridgehead atoms. The fourth-order valence-corrected chi connectivity index (χ4v) is 3.63. The molecule has 0 saturated heterocycles. The molecule has 1 N–H and O–H groups in total. The Morgan fingerprint density at radius 2 is 1.76 bits per heavy atom. The summed E-state index contributed by atoms with van der Waals surface area (Å²) in [6, 6.07) is 9.54. The van der Waals surface area contributed by atoms with Crippen LogP contribution in [-0.2, 0) is 21.0 Å². The fraction of sp³-hybridized carbons (Fsp3) is 0.316. The molecule has 0 saturated carbocycles. The van der Waals surface area contributed by atoms with Crippen LogP contribution in [0.15, 0.2) is 53.4 Å². The second kappa shape index (κ2) is 8.83. The lowest BCUT2D eigenvalue weighted by Gasteiger charge is -2.21. The van der Waals surface area contributed by atoms with Gasteiger partial charge in [-0.3, -0.25) is 4.79 Å². The van der Waals surface area contributed by atoms with Crippen molar-refractivity contribution < 1.29 is 31.1 Å². The maximum Gasteiger partial charge on any atom is 0.416 e. The monoisotopic (exact) mass is 430 g/mol. The van der Waals surface area contributed by atoms with Crippen LogP contribution in [0.25, 0.3) is 0 Å². The number of amides is 1. The zero-order valence-corrected chi connectivity index (χ0v) is 16.8. The molecule has 0 radical (unpaired) electrons. The van der Waals surface area contributed by atoms with Crippen molar-refractivity contribution in [2.24, 2.45) is 0 Å². The Morgan fingerprint density at radius 1 is 1.14 bits per heavy atom. The maximum atomic E-state index is 12.7. The predicted octanol–water partition coefficient (Wildman–Crippen LogP) is 3.75.